The van der Waals surface area contributed by atoms with Gasteiger partial charge in [0, 0.05) is 25.3 Å². The van der Waals surface area contributed by atoms with Gasteiger partial charge >= 0.3 is 11.8 Å². The molecule has 1 aliphatic rings. The van der Waals surface area contributed by atoms with Gasteiger partial charge in [-0.05, 0) is 29.8 Å². The molecular weight excluding hydrogens is 358 g/mol. The minimum Gasteiger partial charge on any atom is -0.497 e. The Balaban J connectivity index is 1.66. The summed E-state index contributed by atoms with van der Waals surface area (Å²) < 4.78 is 10.8. The number of nitrogens with zero attached hydrogens (tertiary/aromatic N) is 1. The number of carbonyl (C=O) groups excluding carboxylic acids is 2. The number of amides is 2. The number of rotatable bonds is 6. The van der Waals surface area contributed by atoms with Crippen molar-refractivity contribution < 1.29 is 19.1 Å². The SMILES string of the molecule is COc1cccc([C@H](CNC(=O)C(=O)Nc2ccccc2)N2CCOCC2)c1. The van der Waals surface area contributed by atoms with Crippen molar-refractivity contribution in [3.63, 3.8) is 0 Å². The molecule has 2 aromatic carbocycles. The van der Waals surface area contributed by atoms with Gasteiger partial charge in [0.1, 0.15) is 5.75 Å². The quantitative estimate of drug-likeness (QED) is 0.744. The zero-order valence-corrected chi connectivity index (χ0v) is 15.9. The zero-order valence-electron chi connectivity index (χ0n) is 15.9. The number of hydrogen-bond acceptors (Lipinski definition) is 5. The second kappa shape index (κ2) is 9.87. The number of hydrogen-bond donors (Lipinski definition) is 2. The van der Waals surface area contributed by atoms with Crippen LogP contribution in [0.3, 0.4) is 0 Å². The lowest BCUT2D eigenvalue weighted by atomic mass is 10.0. The van der Waals surface area contributed by atoms with Crippen molar-refractivity contribution in [3.05, 3.63) is 60.2 Å². The Morgan fingerprint density at radius 1 is 1.07 bits per heavy atom. The Morgan fingerprint density at radius 3 is 2.54 bits per heavy atom. The fourth-order valence-electron chi connectivity index (χ4n) is 3.17. The monoisotopic (exact) mass is 383 g/mol. The second-order valence-corrected chi connectivity index (χ2v) is 6.47. The van der Waals surface area contributed by atoms with E-state index in [0.717, 1.165) is 24.4 Å². The molecule has 0 saturated carbocycles. The van der Waals surface area contributed by atoms with Gasteiger partial charge in [-0.2, -0.15) is 0 Å². The van der Waals surface area contributed by atoms with Gasteiger partial charge in [0.15, 0.2) is 0 Å². The molecule has 0 unspecified atom stereocenters. The molecule has 0 spiro atoms. The van der Waals surface area contributed by atoms with Crippen LogP contribution in [0.5, 0.6) is 5.75 Å². The van der Waals surface area contributed by atoms with Gasteiger partial charge in [0.05, 0.1) is 26.4 Å². The number of nitrogens with one attached hydrogen (secondary N) is 2. The van der Waals surface area contributed by atoms with Crippen molar-refractivity contribution >= 4 is 17.5 Å². The molecule has 1 atom stereocenters. The number of anilines is 1. The topological polar surface area (TPSA) is 79.9 Å². The van der Waals surface area contributed by atoms with Gasteiger partial charge in [-0.3, -0.25) is 14.5 Å². The Hall–Kier alpha value is -2.90. The largest absolute Gasteiger partial charge is 0.497 e. The maximum absolute atomic E-state index is 12.3. The summed E-state index contributed by atoms with van der Waals surface area (Å²) in [5, 5.41) is 5.36. The van der Waals surface area contributed by atoms with Crippen LogP contribution in [0.15, 0.2) is 54.6 Å². The Morgan fingerprint density at radius 2 is 1.82 bits per heavy atom. The highest BCUT2D eigenvalue weighted by atomic mass is 16.5. The number of ether oxygens (including phenoxy) is 2. The Kier molecular flexibility index (Phi) is 7.00. The highest BCUT2D eigenvalue weighted by Crippen LogP contribution is 2.24. The van der Waals surface area contributed by atoms with Crippen LogP contribution in [0.1, 0.15) is 11.6 Å². The summed E-state index contributed by atoms with van der Waals surface area (Å²) in [6.07, 6.45) is 0. The number of methoxy groups -OCH3 is 1. The van der Waals surface area contributed by atoms with E-state index >= 15 is 0 Å². The van der Waals surface area contributed by atoms with Crippen LogP contribution in [0, 0.1) is 0 Å². The lowest BCUT2D eigenvalue weighted by Gasteiger charge is -2.35. The molecule has 2 N–H and O–H groups in total. The van der Waals surface area contributed by atoms with Crippen molar-refractivity contribution in [2.24, 2.45) is 0 Å². The summed E-state index contributed by atoms with van der Waals surface area (Å²) in [5.41, 5.74) is 1.60. The van der Waals surface area contributed by atoms with Crippen LogP contribution in [-0.2, 0) is 14.3 Å². The first kappa shape index (κ1) is 19.9. The fourth-order valence-corrected chi connectivity index (χ4v) is 3.17. The second-order valence-electron chi connectivity index (χ2n) is 6.47. The zero-order chi connectivity index (χ0) is 19.8. The molecule has 0 radical (unpaired) electrons. The number of morpholine rings is 1. The average molecular weight is 383 g/mol. The predicted octanol–water partition coefficient (Wildman–Crippen LogP) is 1.82. The van der Waals surface area contributed by atoms with Gasteiger partial charge in [0.2, 0.25) is 0 Å². The van der Waals surface area contributed by atoms with Crippen molar-refractivity contribution in [1.29, 1.82) is 0 Å². The molecule has 28 heavy (non-hydrogen) atoms. The molecule has 0 aromatic heterocycles. The van der Waals surface area contributed by atoms with Crippen molar-refractivity contribution in [3.8, 4) is 5.75 Å². The molecule has 0 aliphatic carbocycles. The van der Waals surface area contributed by atoms with E-state index in [1.54, 1.807) is 31.4 Å². The van der Waals surface area contributed by atoms with E-state index in [2.05, 4.69) is 15.5 Å². The molecule has 0 bridgehead atoms. The highest BCUT2D eigenvalue weighted by molar-refractivity contribution is 6.39. The van der Waals surface area contributed by atoms with Crippen LogP contribution >= 0.6 is 0 Å². The maximum atomic E-state index is 12.3. The fraction of sp³-hybridized carbons (Fsp3) is 0.333. The minimum absolute atomic E-state index is 0.0764. The van der Waals surface area contributed by atoms with E-state index in [9.17, 15) is 9.59 Å². The molecule has 1 heterocycles. The lowest BCUT2D eigenvalue weighted by Crippen LogP contribution is -2.45. The summed E-state index contributed by atoms with van der Waals surface area (Å²) >= 11 is 0. The highest BCUT2D eigenvalue weighted by Gasteiger charge is 2.25. The summed E-state index contributed by atoms with van der Waals surface area (Å²) in [6, 6.07) is 16.6. The van der Waals surface area contributed by atoms with E-state index in [4.69, 9.17) is 9.47 Å². The molecule has 3 rings (SSSR count). The molecule has 7 heteroatoms. The molecule has 7 nitrogen and oxygen atoms in total. The molecular formula is C21H25N3O4. The molecule has 1 aliphatic heterocycles. The molecule has 148 valence electrons. The maximum Gasteiger partial charge on any atom is 0.313 e. The van der Waals surface area contributed by atoms with Crippen LogP contribution in [-0.4, -0.2) is 56.7 Å². The normalized spacial score (nSPS) is 15.5. The van der Waals surface area contributed by atoms with Gasteiger partial charge in [-0.1, -0.05) is 30.3 Å². The summed E-state index contributed by atoms with van der Waals surface area (Å²) in [6.45, 7) is 3.11. The summed E-state index contributed by atoms with van der Waals surface area (Å²) in [7, 11) is 1.62. The number of para-hydroxylation sites is 1. The van der Waals surface area contributed by atoms with Crippen LogP contribution in [0.25, 0.3) is 0 Å². The molecule has 2 amide bonds. The Bertz CT molecular complexity index is 791. The van der Waals surface area contributed by atoms with E-state index in [-0.39, 0.29) is 6.04 Å². The molecule has 1 saturated heterocycles. The third-order valence-corrected chi connectivity index (χ3v) is 4.66. The van der Waals surface area contributed by atoms with E-state index in [1.165, 1.54) is 0 Å². The first-order valence-corrected chi connectivity index (χ1v) is 9.27. The standard InChI is InChI=1S/C21H25N3O4/c1-27-18-9-5-6-16(14-18)19(24-10-12-28-13-11-24)15-22-20(25)21(26)23-17-7-3-2-4-8-17/h2-9,14,19H,10-13,15H2,1H3,(H,22,25)(H,23,26)/t19-/m0/s1. The van der Waals surface area contributed by atoms with Crippen LogP contribution in [0.2, 0.25) is 0 Å². The molecule has 1 fully saturated rings. The predicted molar refractivity (Wildman–Crippen MR) is 106 cm³/mol. The van der Waals surface area contributed by atoms with Gasteiger partial charge in [-0.15, -0.1) is 0 Å². The summed E-state index contributed by atoms with van der Waals surface area (Å²) in [5.74, 6) is -0.591. The van der Waals surface area contributed by atoms with Crippen molar-refractivity contribution in [2.75, 3.05) is 45.3 Å². The summed E-state index contributed by atoms with van der Waals surface area (Å²) in [4.78, 5) is 26.7. The van der Waals surface area contributed by atoms with Crippen LogP contribution < -0.4 is 15.4 Å². The third kappa shape index (κ3) is 5.31. The van der Waals surface area contributed by atoms with Gasteiger partial charge < -0.3 is 20.1 Å². The lowest BCUT2D eigenvalue weighted by molar-refractivity contribution is -0.136. The number of carbonyl (C=O) groups is 2. The van der Waals surface area contributed by atoms with E-state index in [0.29, 0.717) is 25.4 Å². The smallest absolute Gasteiger partial charge is 0.313 e. The van der Waals surface area contributed by atoms with Crippen molar-refractivity contribution in [1.82, 2.24) is 10.2 Å². The Labute approximate surface area is 164 Å². The average Bonchev–Trinajstić information content (AvgIpc) is 2.75. The number of benzene rings is 2. The minimum atomic E-state index is -0.683. The van der Waals surface area contributed by atoms with Gasteiger partial charge in [-0.25, -0.2) is 0 Å². The van der Waals surface area contributed by atoms with E-state index in [1.807, 2.05) is 30.3 Å². The van der Waals surface area contributed by atoms with Gasteiger partial charge in [0.25, 0.3) is 0 Å². The van der Waals surface area contributed by atoms with Crippen LogP contribution in [0.4, 0.5) is 5.69 Å². The molecule has 2 aromatic rings. The van der Waals surface area contributed by atoms with Crippen molar-refractivity contribution in [2.45, 2.75) is 6.04 Å². The third-order valence-electron chi connectivity index (χ3n) is 4.66. The first-order valence-electron chi connectivity index (χ1n) is 9.27. The first-order chi connectivity index (χ1) is 13.7. The van der Waals surface area contributed by atoms with E-state index < -0.39 is 11.8 Å².